The zero-order valence-corrected chi connectivity index (χ0v) is 10.8. The van der Waals surface area contributed by atoms with Crippen LogP contribution in [0.4, 0.5) is 4.79 Å². The smallest absolute Gasteiger partial charge is 0.242 e. The first-order valence-electron chi connectivity index (χ1n) is 5.52. The maximum absolute atomic E-state index is 11.4. The van der Waals surface area contributed by atoms with Crippen molar-refractivity contribution in [1.29, 1.82) is 0 Å². The van der Waals surface area contributed by atoms with E-state index < -0.39 is 12.1 Å². The second kappa shape index (κ2) is 7.60. The van der Waals surface area contributed by atoms with Crippen LogP contribution >= 0.6 is 11.8 Å². The highest BCUT2D eigenvalue weighted by Gasteiger charge is 2.10. The molecule has 0 aliphatic heterocycles. The second-order valence-electron chi connectivity index (χ2n) is 3.61. The van der Waals surface area contributed by atoms with Crippen LogP contribution in [0.25, 0.3) is 0 Å². The van der Waals surface area contributed by atoms with E-state index in [1.54, 1.807) is 11.8 Å². The summed E-state index contributed by atoms with van der Waals surface area (Å²) in [4.78, 5) is 22.8. The van der Waals surface area contributed by atoms with Gasteiger partial charge < -0.3 is 20.5 Å². The number of carbonyl (C=O) groups excluding carboxylic acids is 2. The van der Waals surface area contributed by atoms with Crippen molar-refractivity contribution in [2.75, 3.05) is 12.3 Å². The Morgan fingerprint density at radius 2 is 2.00 bits per heavy atom. The van der Waals surface area contributed by atoms with E-state index in [4.69, 9.17) is 0 Å². The van der Waals surface area contributed by atoms with Crippen LogP contribution < -0.4 is 15.7 Å². The van der Waals surface area contributed by atoms with E-state index in [2.05, 4.69) is 5.32 Å². The zero-order chi connectivity index (χ0) is 13.4. The molecule has 0 saturated heterocycles. The minimum absolute atomic E-state index is 0.354. The van der Waals surface area contributed by atoms with Crippen LogP contribution in [0.1, 0.15) is 6.92 Å². The van der Waals surface area contributed by atoms with Crippen molar-refractivity contribution in [2.45, 2.75) is 17.9 Å². The van der Waals surface area contributed by atoms with Crippen molar-refractivity contribution >= 4 is 23.8 Å². The second-order valence-corrected chi connectivity index (χ2v) is 4.77. The third-order valence-corrected chi connectivity index (χ3v) is 3.15. The Hall–Kier alpha value is -1.69. The molecule has 5 nitrogen and oxygen atoms in total. The summed E-state index contributed by atoms with van der Waals surface area (Å²) in [7, 11) is 0. The average molecular weight is 267 g/mol. The van der Waals surface area contributed by atoms with Crippen molar-refractivity contribution in [3.63, 3.8) is 0 Å². The van der Waals surface area contributed by atoms with Gasteiger partial charge in [-0.25, -0.2) is 0 Å². The Kier molecular flexibility index (Phi) is 6.07. The molecule has 18 heavy (non-hydrogen) atoms. The van der Waals surface area contributed by atoms with Crippen LogP contribution in [0.3, 0.4) is 0 Å². The summed E-state index contributed by atoms with van der Waals surface area (Å²) in [6.07, 6.45) is -1.45. The average Bonchev–Trinajstić information content (AvgIpc) is 2.34. The maximum atomic E-state index is 11.4. The SMILES string of the molecule is CC(NC(=O)[O-])C(=O)NCCSc1ccccc1. The van der Waals surface area contributed by atoms with Gasteiger partial charge >= 0.3 is 0 Å². The number of nitrogens with one attached hydrogen (secondary N) is 2. The van der Waals surface area contributed by atoms with Crippen LogP contribution in [0, 0.1) is 0 Å². The topological polar surface area (TPSA) is 81.3 Å². The highest BCUT2D eigenvalue weighted by Crippen LogP contribution is 2.15. The van der Waals surface area contributed by atoms with Crippen LogP contribution in [-0.2, 0) is 4.79 Å². The third kappa shape index (κ3) is 5.58. The van der Waals surface area contributed by atoms with Crippen molar-refractivity contribution in [1.82, 2.24) is 10.6 Å². The van der Waals surface area contributed by atoms with Gasteiger partial charge in [-0.2, -0.15) is 0 Å². The Morgan fingerprint density at radius 3 is 2.61 bits per heavy atom. The Balaban J connectivity index is 2.18. The number of benzene rings is 1. The predicted molar refractivity (Wildman–Crippen MR) is 68.2 cm³/mol. The van der Waals surface area contributed by atoms with Gasteiger partial charge in [0.05, 0.1) is 0 Å². The Bertz CT molecular complexity index is 398. The molecular formula is C12H15N2O3S-. The highest BCUT2D eigenvalue weighted by molar-refractivity contribution is 7.99. The van der Waals surface area contributed by atoms with Crippen molar-refractivity contribution in [2.24, 2.45) is 0 Å². The molecule has 1 atom stereocenters. The minimum atomic E-state index is -1.45. The number of carbonyl (C=O) groups is 2. The number of hydrogen-bond acceptors (Lipinski definition) is 4. The van der Waals surface area contributed by atoms with Gasteiger partial charge in [0.2, 0.25) is 5.91 Å². The molecule has 0 aromatic heterocycles. The molecule has 0 saturated carbocycles. The first-order chi connectivity index (χ1) is 8.59. The molecule has 0 aliphatic rings. The lowest BCUT2D eigenvalue weighted by molar-refractivity contribution is -0.251. The Labute approximate surface area is 110 Å². The number of amides is 2. The fourth-order valence-corrected chi connectivity index (χ4v) is 2.04. The van der Waals surface area contributed by atoms with E-state index in [1.807, 2.05) is 35.6 Å². The van der Waals surface area contributed by atoms with Gasteiger partial charge in [0.15, 0.2) is 0 Å². The minimum Gasteiger partial charge on any atom is -0.530 e. The number of carboxylic acid groups (broad SMARTS) is 1. The van der Waals surface area contributed by atoms with E-state index >= 15 is 0 Å². The molecule has 2 amide bonds. The molecule has 0 bridgehead atoms. The summed E-state index contributed by atoms with van der Waals surface area (Å²) < 4.78 is 0. The predicted octanol–water partition coefficient (Wildman–Crippen LogP) is 0.216. The molecule has 0 aliphatic carbocycles. The van der Waals surface area contributed by atoms with Crippen LogP contribution in [0.5, 0.6) is 0 Å². The molecule has 1 aromatic carbocycles. The first kappa shape index (κ1) is 14.4. The van der Waals surface area contributed by atoms with Gasteiger partial charge in [-0.3, -0.25) is 4.79 Å². The first-order valence-corrected chi connectivity index (χ1v) is 6.51. The number of rotatable bonds is 6. The van der Waals surface area contributed by atoms with E-state index in [9.17, 15) is 14.7 Å². The van der Waals surface area contributed by atoms with Crippen molar-refractivity contribution in [3.8, 4) is 0 Å². The van der Waals surface area contributed by atoms with E-state index in [-0.39, 0.29) is 5.91 Å². The standard InChI is InChI=1S/C12H16N2O3S/c1-9(14-12(16)17)11(15)13-7-8-18-10-5-3-2-4-6-10/h2-6,9,14H,7-8H2,1H3,(H,13,15)(H,16,17)/p-1. The lowest BCUT2D eigenvalue weighted by Gasteiger charge is -2.15. The van der Waals surface area contributed by atoms with Crippen LogP contribution in [0.2, 0.25) is 0 Å². The number of hydrogen-bond donors (Lipinski definition) is 2. The monoisotopic (exact) mass is 267 g/mol. The molecule has 1 unspecified atom stereocenters. The van der Waals surface area contributed by atoms with Gasteiger partial charge in [-0.05, 0) is 19.1 Å². The largest absolute Gasteiger partial charge is 0.530 e. The van der Waals surface area contributed by atoms with Crippen molar-refractivity contribution < 1.29 is 14.7 Å². The fraction of sp³-hybridized carbons (Fsp3) is 0.333. The van der Waals surface area contributed by atoms with Gasteiger partial charge in [-0.15, -0.1) is 11.8 Å². The van der Waals surface area contributed by atoms with Crippen molar-refractivity contribution in [3.05, 3.63) is 30.3 Å². The zero-order valence-electron chi connectivity index (χ0n) is 10.0. The summed E-state index contributed by atoms with van der Waals surface area (Å²) in [6, 6.07) is 9.04. The molecule has 6 heteroatoms. The molecule has 0 spiro atoms. The fourth-order valence-electron chi connectivity index (χ4n) is 1.26. The normalized spacial score (nSPS) is 11.6. The van der Waals surface area contributed by atoms with E-state index in [1.165, 1.54) is 6.92 Å². The molecular weight excluding hydrogens is 252 g/mol. The summed E-state index contributed by atoms with van der Waals surface area (Å²) in [5.41, 5.74) is 0. The highest BCUT2D eigenvalue weighted by atomic mass is 32.2. The summed E-state index contributed by atoms with van der Waals surface area (Å²) in [6.45, 7) is 1.95. The lowest BCUT2D eigenvalue weighted by Crippen LogP contribution is -2.49. The Morgan fingerprint density at radius 1 is 1.33 bits per heavy atom. The lowest BCUT2D eigenvalue weighted by atomic mass is 10.3. The third-order valence-electron chi connectivity index (χ3n) is 2.14. The summed E-state index contributed by atoms with van der Waals surface area (Å²) in [5, 5.41) is 14.9. The van der Waals surface area contributed by atoms with Gasteiger partial charge in [0, 0.05) is 17.2 Å². The molecule has 0 radical (unpaired) electrons. The molecule has 2 N–H and O–H groups in total. The maximum Gasteiger partial charge on any atom is 0.242 e. The van der Waals surface area contributed by atoms with E-state index in [0.717, 1.165) is 10.6 Å². The molecule has 1 rings (SSSR count). The van der Waals surface area contributed by atoms with Crippen LogP contribution in [0.15, 0.2) is 35.2 Å². The molecule has 1 aromatic rings. The van der Waals surface area contributed by atoms with Gasteiger partial charge in [-0.1, -0.05) is 18.2 Å². The van der Waals surface area contributed by atoms with Gasteiger partial charge in [0.25, 0.3) is 0 Å². The number of thioether (sulfide) groups is 1. The van der Waals surface area contributed by atoms with Gasteiger partial charge in [0.1, 0.15) is 12.1 Å². The quantitative estimate of drug-likeness (QED) is 0.570. The molecule has 0 heterocycles. The summed E-state index contributed by atoms with van der Waals surface area (Å²) in [5.74, 6) is 0.376. The summed E-state index contributed by atoms with van der Waals surface area (Å²) >= 11 is 1.62. The molecule has 0 fully saturated rings. The molecule has 98 valence electrons. The van der Waals surface area contributed by atoms with E-state index in [0.29, 0.717) is 6.54 Å². The van der Waals surface area contributed by atoms with Crippen LogP contribution in [-0.4, -0.2) is 30.3 Å².